The number of H-pyrrole nitrogens is 1. The minimum absolute atomic E-state index is 0.0317. The third-order valence-corrected chi connectivity index (χ3v) is 6.09. The van der Waals surface area contributed by atoms with Crippen molar-refractivity contribution in [2.24, 2.45) is 22.2 Å². The number of nitrogens with zero attached hydrogens (tertiary/aromatic N) is 2. The van der Waals surface area contributed by atoms with Crippen LogP contribution in [-0.2, 0) is 36.8 Å². The molecule has 42 heavy (non-hydrogen) atoms. The first-order valence-corrected chi connectivity index (χ1v) is 13.1. The lowest BCUT2D eigenvalue weighted by Crippen LogP contribution is -2.57. The molecule has 1 heterocycles. The summed E-state index contributed by atoms with van der Waals surface area (Å²) in [7, 11) is 0. The van der Waals surface area contributed by atoms with Gasteiger partial charge in [0.05, 0.1) is 12.4 Å². The number of hydrogen-bond donors (Lipinski definition) is 9. The molecular formula is C26H37N9O7. The van der Waals surface area contributed by atoms with Crippen molar-refractivity contribution in [3.05, 3.63) is 54.1 Å². The molecule has 1 aromatic carbocycles. The topological polar surface area (TPSA) is 281 Å². The van der Waals surface area contributed by atoms with Gasteiger partial charge in [-0.05, 0) is 24.8 Å². The molecule has 12 N–H and O–H groups in total. The maximum atomic E-state index is 13.5. The van der Waals surface area contributed by atoms with Gasteiger partial charge in [-0.2, -0.15) is 0 Å². The fraction of sp³-hybridized carbons (Fsp3) is 0.423. The number of nitrogens with one attached hydrogen (secondary N) is 4. The van der Waals surface area contributed by atoms with E-state index in [1.165, 1.54) is 12.5 Å². The molecule has 0 saturated carbocycles. The van der Waals surface area contributed by atoms with Crippen molar-refractivity contribution >= 4 is 35.6 Å². The van der Waals surface area contributed by atoms with Gasteiger partial charge in [0.1, 0.15) is 18.1 Å². The molecule has 16 nitrogen and oxygen atoms in total. The fourth-order valence-electron chi connectivity index (χ4n) is 3.88. The van der Waals surface area contributed by atoms with E-state index in [9.17, 15) is 29.1 Å². The Hall–Kier alpha value is -4.99. The van der Waals surface area contributed by atoms with Crippen LogP contribution in [0.1, 0.15) is 36.9 Å². The number of carbonyl (C=O) groups excluding carboxylic acids is 3. The molecular weight excluding hydrogens is 550 g/mol. The highest BCUT2D eigenvalue weighted by Gasteiger charge is 2.30. The Kier molecular flexibility index (Phi) is 13.4. The van der Waals surface area contributed by atoms with Gasteiger partial charge in [0.2, 0.25) is 17.7 Å². The summed E-state index contributed by atoms with van der Waals surface area (Å²) in [5.74, 6) is -4.84. The molecule has 4 unspecified atom stereocenters. The molecule has 0 radical (unpaired) electrons. The number of carboxylic acids is 2. The average Bonchev–Trinajstić information content (AvgIpc) is 3.46. The van der Waals surface area contributed by atoms with E-state index in [2.05, 4.69) is 30.9 Å². The number of carbonyl (C=O) groups is 5. The first-order valence-electron chi connectivity index (χ1n) is 13.1. The van der Waals surface area contributed by atoms with Gasteiger partial charge in [0.25, 0.3) is 0 Å². The summed E-state index contributed by atoms with van der Waals surface area (Å²) in [4.78, 5) is 72.7. The van der Waals surface area contributed by atoms with Crippen molar-refractivity contribution in [3.63, 3.8) is 0 Å². The van der Waals surface area contributed by atoms with E-state index in [1.54, 1.807) is 30.3 Å². The number of carboxylic acid groups (broad SMARTS) is 2. The molecule has 2 aromatic rings. The predicted octanol–water partition coefficient (Wildman–Crippen LogP) is -2.02. The van der Waals surface area contributed by atoms with Gasteiger partial charge in [-0.1, -0.05) is 30.3 Å². The Balaban J connectivity index is 2.23. The summed E-state index contributed by atoms with van der Waals surface area (Å²) >= 11 is 0. The molecule has 2 rings (SSSR count). The van der Waals surface area contributed by atoms with E-state index in [0.717, 1.165) is 0 Å². The van der Waals surface area contributed by atoms with Crippen LogP contribution in [0.2, 0.25) is 0 Å². The van der Waals surface area contributed by atoms with Crippen LogP contribution in [0, 0.1) is 0 Å². The highest BCUT2D eigenvalue weighted by atomic mass is 16.4. The average molecular weight is 588 g/mol. The van der Waals surface area contributed by atoms with E-state index >= 15 is 0 Å². The highest BCUT2D eigenvalue weighted by Crippen LogP contribution is 2.08. The minimum atomic E-state index is -1.33. The molecule has 1 aromatic heterocycles. The number of aliphatic carboxylic acids is 2. The normalized spacial score (nSPS) is 13.5. The summed E-state index contributed by atoms with van der Waals surface area (Å²) in [6.45, 7) is 0.140. The maximum absolute atomic E-state index is 13.5. The zero-order valence-corrected chi connectivity index (χ0v) is 22.9. The summed E-state index contributed by atoms with van der Waals surface area (Å²) < 4.78 is 0. The van der Waals surface area contributed by atoms with Crippen molar-refractivity contribution in [1.29, 1.82) is 0 Å². The van der Waals surface area contributed by atoms with Crippen molar-refractivity contribution in [3.8, 4) is 0 Å². The lowest BCUT2D eigenvalue weighted by molar-refractivity contribution is -0.142. The van der Waals surface area contributed by atoms with Gasteiger partial charge >= 0.3 is 11.9 Å². The molecule has 0 aliphatic carbocycles. The summed E-state index contributed by atoms with van der Waals surface area (Å²) in [6, 6.07) is 3.82. The van der Waals surface area contributed by atoms with Gasteiger partial charge in [-0.3, -0.25) is 24.2 Å². The van der Waals surface area contributed by atoms with E-state index in [-0.39, 0.29) is 51.0 Å². The van der Waals surface area contributed by atoms with Crippen LogP contribution < -0.4 is 33.2 Å². The van der Waals surface area contributed by atoms with Crippen LogP contribution >= 0.6 is 0 Å². The van der Waals surface area contributed by atoms with Gasteiger partial charge in [0.15, 0.2) is 5.96 Å². The number of guanidine groups is 1. The Bertz CT molecular complexity index is 1220. The first kappa shape index (κ1) is 33.2. The second kappa shape index (κ2) is 17.0. The van der Waals surface area contributed by atoms with Crippen LogP contribution in [0.4, 0.5) is 0 Å². The van der Waals surface area contributed by atoms with Crippen LogP contribution in [0.5, 0.6) is 0 Å². The smallest absolute Gasteiger partial charge is 0.326 e. The number of amides is 3. The zero-order chi connectivity index (χ0) is 31.1. The van der Waals surface area contributed by atoms with Crippen molar-refractivity contribution in [2.75, 3.05) is 6.54 Å². The Morgan fingerprint density at radius 1 is 0.881 bits per heavy atom. The van der Waals surface area contributed by atoms with Gasteiger partial charge in [-0.15, -0.1) is 0 Å². The number of aromatic nitrogens is 2. The van der Waals surface area contributed by atoms with E-state index in [1.807, 2.05) is 0 Å². The summed E-state index contributed by atoms with van der Waals surface area (Å²) in [5.41, 5.74) is 17.7. The van der Waals surface area contributed by atoms with Gasteiger partial charge < -0.3 is 48.3 Å². The third kappa shape index (κ3) is 12.0. The summed E-state index contributed by atoms with van der Waals surface area (Å²) in [5, 5.41) is 26.1. The second-order valence-electron chi connectivity index (χ2n) is 9.48. The van der Waals surface area contributed by atoms with Crippen LogP contribution in [-0.4, -0.2) is 86.5 Å². The molecule has 16 heteroatoms. The Labute approximate surface area is 241 Å². The molecule has 0 saturated heterocycles. The number of hydrogen-bond acceptors (Lipinski definition) is 8. The quantitative estimate of drug-likeness (QED) is 0.0521. The van der Waals surface area contributed by atoms with Crippen molar-refractivity contribution in [2.45, 2.75) is 62.7 Å². The van der Waals surface area contributed by atoms with E-state index in [0.29, 0.717) is 11.3 Å². The Morgan fingerprint density at radius 3 is 2.12 bits per heavy atom. The van der Waals surface area contributed by atoms with Crippen molar-refractivity contribution in [1.82, 2.24) is 25.9 Å². The van der Waals surface area contributed by atoms with E-state index < -0.39 is 53.8 Å². The zero-order valence-electron chi connectivity index (χ0n) is 22.9. The highest BCUT2D eigenvalue weighted by molar-refractivity contribution is 5.94. The van der Waals surface area contributed by atoms with Crippen molar-refractivity contribution < 1.29 is 34.2 Å². The van der Waals surface area contributed by atoms with Crippen LogP contribution in [0.15, 0.2) is 47.8 Å². The number of aromatic amines is 1. The van der Waals surface area contributed by atoms with Gasteiger partial charge in [0, 0.05) is 37.7 Å². The SMILES string of the molecule is NC(N)=NCCCC(NC(=O)C(Cc1ccccc1)NC(=O)C(N)CCC(=O)O)C(=O)NC(Cc1cnc[nH]1)C(=O)O. The maximum Gasteiger partial charge on any atom is 0.326 e. The molecule has 228 valence electrons. The summed E-state index contributed by atoms with van der Waals surface area (Å²) in [6.07, 6.45) is 2.54. The standard InChI is InChI=1S/C26H37N9O7/c27-17(8-9-21(36)37)22(38)34-19(11-15-5-2-1-3-6-15)24(40)33-18(7-4-10-31-26(28)29)23(39)35-20(25(41)42)12-16-13-30-14-32-16/h1-3,5-6,13-14,17-20H,4,7-12,27H2,(H,30,32)(H,33,40)(H,34,38)(H,35,39)(H,36,37)(H,41,42)(H4,28,29,31). The molecule has 0 fully saturated rings. The number of rotatable bonds is 18. The largest absolute Gasteiger partial charge is 0.481 e. The number of benzene rings is 1. The lowest BCUT2D eigenvalue weighted by atomic mass is 10.0. The number of nitrogens with two attached hydrogens (primary N) is 3. The molecule has 0 aliphatic heterocycles. The minimum Gasteiger partial charge on any atom is -0.481 e. The lowest BCUT2D eigenvalue weighted by Gasteiger charge is -2.25. The molecule has 0 spiro atoms. The molecule has 0 aliphatic rings. The molecule has 0 bridgehead atoms. The first-order chi connectivity index (χ1) is 20.0. The number of imidazole rings is 1. The third-order valence-electron chi connectivity index (χ3n) is 6.09. The van der Waals surface area contributed by atoms with Crippen LogP contribution in [0.25, 0.3) is 0 Å². The van der Waals surface area contributed by atoms with Crippen LogP contribution in [0.3, 0.4) is 0 Å². The molecule has 3 amide bonds. The monoisotopic (exact) mass is 587 g/mol. The van der Waals surface area contributed by atoms with Gasteiger partial charge in [-0.25, -0.2) is 9.78 Å². The number of aliphatic imine (C=N–C) groups is 1. The second-order valence-corrected chi connectivity index (χ2v) is 9.48. The Morgan fingerprint density at radius 2 is 1.52 bits per heavy atom. The molecule has 4 atom stereocenters. The predicted molar refractivity (Wildman–Crippen MR) is 151 cm³/mol. The van der Waals surface area contributed by atoms with E-state index in [4.69, 9.17) is 22.3 Å². The fourth-order valence-corrected chi connectivity index (χ4v) is 3.88.